The molecule has 3 unspecified atom stereocenters. The van der Waals surface area contributed by atoms with Crippen LogP contribution in [0.5, 0.6) is 23.0 Å². The molecule has 94 heavy (non-hydrogen) atoms. The largest absolute Gasteiger partial charge is 0.497 e. The number of rotatable bonds is 22. The van der Waals surface area contributed by atoms with Gasteiger partial charge < -0.3 is 29.4 Å². The van der Waals surface area contributed by atoms with Gasteiger partial charge >= 0.3 is 349 Å². The molecule has 5 heterocycles. The van der Waals surface area contributed by atoms with Gasteiger partial charge in [-0.2, -0.15) is 0 Å². The summed E-state index contributed by atoms with van der Waals surface area (Å²) in [5.74, 6) is 0.114. The Hall–Kier alpha value is -6.92. The van der Waals surface area contributed by atoms with Gasteiger partial charge in [0.05, 0.1) is 33.9 Å². The van der Waals surface area contributed by atoms with Gasteiger partial charge in [-0.3, -0.25) is 9.59 Å². The molecule has 11 rings (SSSR count). The van der Waals surface area contributed by atoms with Crippen LogP contribution in [-0.4, -0.2) is 127 Å². The number of nitrogens with zero attached hydrogens (tertiary/aromatic N) is 1. The number of fused-ring (bicyclic) bond motifs is 4. The topological polar surface area (TPSA) is 240 Å². The molecule has 0 spiro atoms. The fourth-order valence-electron chi connectivity index (χ4n) is 12.7. The molecule has 0 bridgehead atoms. The SMILES string of the molecule is COc1ccc(C(OCC(COCCCNC(=O)c2ccc(C3=c4cc5c(c([As]6(=O)OC(C)(C)C(C)(C)O6)c4Oc4c3cc3c(c4[As]4(=O)OC(C)(C)C(C)(C)O4)NC(C)C3(C)C)=NC(C)C5(C)C)cc2)OC(=O)CCC(N)=O)(c2ccccc2)c2ccc(OC)cc2)cc1. The predicted octanol–water partition coefficient (Wildman–Crippen LogP) is 9.13. The number of anilines is 1. The number of amides is 2. The molecule has 21 heteroatoms. The Morgan fingerprint density at radius 3 is 1.74 bits per heavy atom. The second-order valence-electron chi connectivity index (χ2n) is 28.2. The average molecular weight is 1410 g/mol. The molecule has 0 aromatic heterocycles. The van der Waals surface area contributed by atoms with Gasteiger partial charge in [0.15, 0.2) is 0 Å². The summed E-state index contributed by atoms with van der Waals surface area (Å²) in [4.78, 5) is 44.5. The van der Waals surface area contributed by atoms with Gasteiger partial charge in [0.1, 0.15) is 23.2 Å². The smallest absolute Gasteiger partial charge is 0.306 e. The van der Waals surface area contributed by atoms with Gasteiger partial charge in [0, 0.05) is 13.0 Å². The molecule has 4 N–H and O–H groups in total. The van der Waals surface area contributed by atoms with E-state index in [2.05, 4.69) is 57.4 Å². The first kappa shape index (κ1) is 68.5. The van der Waals surface area contributed by atoms with Crippen LogP contribution in [0.1, 0.15) is 165 Å². The number of carbonyl (C=O) groups is 3. The second-order valence-corrected chi connectivity index (χ2v) is 35.8. The molecule has 19 nitrogen and oxygen atoms in total. The molecule has 6 aromatic rings. The third kappa shape index (κ3) is 12.1. The minimum Gasteiger partial charge on any atom is -0.497 e. The zero-order chi connectivity index (χ0) is 67.9. The van der Waals surface area contributed by atoms with Crippen LogP contribution >= 0.6 is 0 Å². The van der Waals surface area contributed by atoms with E-state index in [-0.39, 0.29) is 77.4 Å². The molecular weight excluding hydrogens is 1320 g/mol. The maximum absolute atomic E-state index is 16.1. The first-order chi connectivity index (χ1) is 44.1. The van der Waals surface area contributed by atoms with E-state index in [1.54, 1.807) is 26.4 Å². The summed E-state index contributed by atoms with van der Waals surface area (Å²) in [5.41, 5.74) is 6.23. The van der Waals surface area contributed by atoms with Gasteiger partial charge in [-0.1, -0.05) is 54.6 Å². The minimum absolute atomic E-state index is 0.0834. The maximum atomic E-state index is 16.1. The third-order valence-electron chi connectivity index (χ3n) is 20.3. The zero-order valence-electron chi connectivity index (χ0n) is 56.7. The number of benzene rings is 6. The molecule has 5 aliphatic heterocycles. The summed E-state index contributed by atoms with van der Waals surface area (Å²) in [5, 5.41) is 7.80. The molecule has 3 atom stereocenters. The van der Waals surface area contributed by atoms with Gasteiger partial charge in [-0.15, -0.1) is 0 Å². The fraction of sp³-hybridized carbons (Fsp3) is 0.452. The van der Waals surface area contributed by atoms with E-state index in [4.69, 9.17) is 54.1 Å². The Bertz CT molecular complexity index is 4100. The van der Waals surface area contributed by atoms with E-state index in [0.29, 0.717) is 56.4 Å². The van der Waals surface area contributed by atoms with E-state index in [9.17, 15) is 14.4 Å². The monoisotopic (exact) mass is 1410 g/mol. The predicted molar refractivity (Wildman–Crippen MR) is 358 cm³/mol. The summed E-state index contributed by atoms with van der Waals surface area (Å²) in [6.07, 6.45) is -0.998. The molecule has 2 saturated heterocycles. The number of carbonyl (C=O) groups excluding carboxylic acids is 3. The number of nitrogens with one attached hydrogen (secondary N) is 2. The van der Waals surface area contributed by atoms with Crippen LogP contribution in [0.3, 0.4) is 0 Å². The van der Waals surface area contributed by atoms with Crippen molar-refractivity contribution in [2.24, 2.45) is 10.7 Å². The summed E-state index contributed by atoms with van der Waals surface area (Å²) >= 11 is -10.4. The average Bonchev–Trinajstić information content (AvgIpc) is 1.42. The molecule has 2 amide bonds. The van der Waals surface area contributed by atoms with Gasteiger partial charge in [0.2, 0.25) is 5.91 Å². The number of hydrogen-bond donors (Lipinski definition) is 3. The van der Waals surface area contributed by atoms with Crippen molar-refractivity contribution in [1.82, 2.24) is 5.32 Å². The van der Waals surface area contributed by atoms with E-state index < -0.39 is 85.2 Å². The van der Waals surface area contributed by atoms with Crippen molar-refractivity contribution in [3.63, 3.8) is 0 Å². The van der Waals surface area contributed by atoms with Gasteiger partial charge in [-0.05, 0) is 41.0 Å². The Labute approximate surface area is 556 Å². The third-order valence-corrected chi connectivity index (χ3v) is 30.2. The number of hydrogen-bond acceptors (Lipinski definition) is 17. The normalized spacial score (nSPS) is 21.0. The van der Waals surface area contributed by atoms with Crippen LogP contribution in [0.4, 0.5) is 5.69 Å². The quantitative estimate of drug-likeness (QED) is 0.0248. The van der Waals surface area contributed by atoms with Crippen molar-refractivity contribution in [1.29, 1.82) is 0 Å². The van der Waals surface area contributed by atoms with Crippen molar-refractivity contribution in [2.45, 2.75) is 173 Å². The Morgan fingerprint density at radius 1 is 0.660 bits per heavy atom. The summed E-state index contributed by atoms with van der Waals surface area (Å²) < 4.78 is 97.3. The van der Waals surface area contributed by atoms with Crippen LogP contribution < -0.4 is 49.9 Å². The Morgan fingerprint density at radius 2 is 1.20 bits per heavy atom. The van der Waals surface area contributed by atoms with Crippen molar-refractivity contribution in [2.75, 3.05) is 45.9 Å². The first-order valence-corrected chi connectivity index (χ1v) is 38.5. The molecule has 0 radical (unpaired) electrons. The first-order valence-electron chi connectivity index (χ1n) is 32.1. The van der Waals surface area contributed by atoms with E-state index in [1.807, 2.05) is 153 Å². The molecule has 2 fully saturated rings. The standard InChI is InChI=1S/C73H88As2N4O15/c1-43-67(3,4)55-39-53-59(54-40-56-63(79-44(2)68(56,5)6)61(75(84)93-71(11,12)72(13,14)94-75)65(54)90-64(53)60(62(55)78-43)74(83)91-69(7,8)70(9,10)92-74)45-23-25-46(26-24-45)66(82)77-37-20-38-87-41-52(89-58(81)36-35-57(76)80)42-88-73(47-21-18-17-19-22-47,48-27-31-50(85-15)32-28-48)49-29-33-51(86-16)34-30-49/h17-19,21-34,39-40,43-44,52,78H,20,35-38,41-42H2,1-16H3,(H2,76,80)(H,77,82). The number of ether oxygens (including phenoxy) is 6. The summed E-state index contributed by atoms with van der Waals surface area (Å²) in [6, 6.07) is 35.9. The van der Waals surface area contributed by atoms with Gasteiger partial charge in [0.25, 0.3) is 0 Å². The van der Waals surface area contributed by atoms with E-state index in [1.165, 1.54) is 0 Å². The molecule has 0 saturated carbocycles. The van der Waals surface area contributed by atoms with E-state index >= 15 is 7.48 Å². The fourth-order valence-corrected chi connectivity index (χ4v) is 24.1. The van der Waals surface area contributed by atoms with Crippen LogP contribution in [0.25, 0.3) is 5.57 Å². The molecule has 0 aliphatic carbocycles. The van der Waals surface area contributed by atoms with Crippen LogP contribution in [-0.2, 0) is 62.6 Å². The molecule has 5 aliphatic rings. The Kier molecular flexibility index (Phi) is 18.2. The van der Waals surface area contributed by atoms with Crippen molar-refractivity contribution in [3.8, 4) is 23.0 Å². The molecular formula is C73H88As2N4O15. The Balaban J connectivity index is 0.902. The van der Waals surface area contributed by atoms with Crippen LogP contribution in [0.2, 0.25) is 0 Å². The number of esters is 1. The number of methoxy groups -OCH3 is 2. The zero-order valence-corrected chi connectivity index (χ0v) is 60.4. The van der Waals surface area contributed by atoms with Crippen molar-refractivity contribution >= 4 is 66.1 Å². The number of primary amides is 1. The molecule has 6 aromatic carbocycles. The van der Waals surface area contributed by atoms with Crippen molar-refractivity contribution in [3.05, 3.63) is 170 Å². The van der Waals surface area contributed by atoms with Gasteiger partial charge in [-0.25, -0.2) is 0 Å². The van der Waals surface area contributed by atoms with E-state index in [0.717, 1.165) is 27.8 Å². The molecule has 500 valence electrons. The van der Waals surface area contributed by atoms with Crippen LogP contribution in [0.15, 0.2) is 120 Å². The minimum atomic E-state index is -5.23. The second kappa shape index (κ2) is 24.9. The van der Waals surface area contributed by atoms with Crippen LogP contribution in [0, 0.1) is 0 Å². The number of nitrogens with two attached hydrogens (primary N) is 1. The summed E-state index contributed by atoms with van der Waals surface area (Å²) in [7, 11) is 3.20. The summed E-state index contributed by atoms with van der Waals surface area (Å²) in [6.45, 7) is 27.8. The maximum Gasteiger partial charge on any atom is 0.306 e. The van der Waals surface area contributed by atoms with Crippen molar-refractivity contribution < 1.29 is 65.2 Å².